The van der Waals surface area contributed by atoms with E-state index in [2.05, 4.69) is 14.2 Å². The first-order valence-corrected chi connectivity index (χ1v) is 9.20. The minimum atomic E-state index is -0.0648. The van der Waals surface area contributed by atoms with Crippen molar-refractivity contribution >= 4 is 23.9 Å². The van der Waals surface area contributed by atoms with Crippen LogP contribution < -0.4 is 0 Å². The monoisotopic (exact) mass is 372 g/mol. The molecule has 0 aliphatic carbocycles. The van der Waals surface area contributed by atoms with E-state index in [-0.39, 0.29) is 23.9 Å². The Hall–Kier alpha value is -2.12. The maximum atomic E-state index is 10.5. The Labute approximate surface area is 153 Å². The second kappa shape index (κ2) is 14.1. The molecule has 0 aromatic rings. The van der Waals surface area contributed by atoms with Gasteiger partial charge in [0.05, 0.1) is 26.2 Å². The molecule has 0 amide bonds. The number of esters is 4. The zero-order valence-corrected chi connectivity index (χ0v) is 15.2. The Morgan fingerprint density at radius 1 is 0.385 bits per heavy atom. The summed E-state index contributed by atoms with van der Waals surface area (Å²) in [7, 11) is 0. The molecule has 4 fully saturated rings. The average molecular weight is 372 g/mol. The summed E-state index contributed by atoms with van der Waals surface area (Å²) in [5, 5.41) is 0. The van der Waals surface area contributed by atoms with Crippen molar-refractivity contribution in [1.82, 2.24) is 0 Å². The third-order valence-corrected chi connectivity index (χ3v) is 3.68. The minimum absolute atomic E-state index is 0.0255. The van der Waals surface area contributed by atoms with Gasteiger partial charge >= 0.3 is 23.9 Å². The molecular formula is C18H28O8. The van der Waals surface area contributed by atoms with Crippen molar-refractivity contribution in [1.29, 1.82) is 0 Å². The smallest absolute Gasteiger partial charge is 0.309 e. The topological polar surface area (TPSA) is 105 Å². The van der Waals surface area contributed by atoms with Crippen molar-refractivity contribution in [3.8, 4) is 0 Å². The van der Waals surface area contributed by atoms with E-state index in [1.54, 1.807) is 0 Å². The molecule has 0 aromatic heterocycles. The molecule has 8 nitrogen and oxygen atoms in total. The number of hydrogen-bond acceptors (Lipinski definition) is 8. The maximum absolute atomic E-state index is 10.5. The van der Waals surface area contributed by atoms with Crippen molar-refractivity contribution < 1.29 is 38.1 Å². The number of hydrogen-bond donors (Lipinski definition) is 0. The SMILES string of the molecule is O=C1CCCCCO1.O=C1CCCCO1.O=C1CCCO1.O=C1CCO1. The van der Waals surface area contributed by atoms with Crippen LogP contribution >= 0.6 is 0 Å². The van der Waals surface area contributed by atoms with E-state index in [1.807, 2.05) is 0 Å². The maximum Gasteiger partial charge on any atom is 0.309 e. The molecule has 4 aliphatic heterocycles. The highest BCUT2D eigenvalue weighted by atomic mass is 16.6. The number of ether oxygens (including phenoxy) is 4. The van der Waals surface area contributed by atoms with E-state index >= 15 is 0 Å². The van der Waals surface area contributed by atoms with Gasteiger partial charge in [0.25, 0.3) is 0 Å². The van der Waals surface area contributed by atoms with Crippen LogP contribution in [0.5, 0.6) is 0 Å². The molecule has 26 heavy (non-hydrogen) atoms. The molecule has 0 saturated carbocycles. The molecule has 8 heteroatoms. The van der Waals surface area contributed by atoms with E-state index < -0.39 is 0 Å². The fourth-order valence-electron chi connectivity index (χ4n) is 2.10. The predicted molar refractivity (Wildman–Crippen MR) is 90.0 cm³/mol. The van der Waals surface area contributed by atoms with Crippen molar-refractivity contribution in [2.75, 3.05) is 26.4 Å². The van der Waals surface area contributed by atoms with Gasteiger partial charge in [-0.1, -0.05) is 0 Å². The molecule has 0 atom stereocenters. The molecule has 4 rings (SSSR count). The highest BCUT2D eigenvalue weighted by molar-refractivity contribution is 5.73. The quantitative estimate of drug-likeness (QED) is 0.470. The molecule has 4 aliphatic rings. The van der Waals surface area contributed by atoms with Crippen LogP contribution in [-0.4, -0.2) is 50.3 Å². The summed E-state index contributed by atoms with van der Waals surface area (Å²) >= 11 is 0. The standard InChI is InChI=1S/C6H10O2.C5H8O2.C4H6O2.C3H4O2/c7-6-4-2-1-3-5-8-6;6-5-3-1-2-4-7-5;5-4-2-1-3-6-4;4-3-1-2-5-3/h1-5H2;1-4H2;1-3H2;1-2H2. The number of rotatable bonds is 0. The van der Waals surface area contributed by atoms with Crippen LogP contribution in [0.4, 0.5) is 0 Å². The van der Waals surface area contributed by atoms with Crippen molar-refractivity contribution in [3.05, 3.63) is 0 Å². The molecular weight excluding hydrogens is 344 g/mol. The molecule has 4 saturated heterocycles. The Bertz CT molecular complexity index is 428. The summed E-state index contributed by atoms with van der Waals surface area (Å²) in [4.78, 5) is 40.4. The van der Waals surface area contributed by atoms with Gasteiger partial charge in [-0.3, -0.25) is 19.2 Å². The number of cyclic esters (lactones) is 4. The molecule has 0 aromatic carbocycles. The molecule has 0 bridgehead atoms. The summed E-state index contributed by atoms with van der Waals surface area (Å²) in [6.07, 6.45) is 8.68. The number of carbonyl (C=O) groups is 4. The predicted octanol–water partition coefficient (Wildman–Crippen LogP) is 2.07. The summed E-state index contributed by atoms with van der Waals surface area (Å²) < 4.78 is 18.2. The summed E-state index contributed by atoms with van der Waals surface area (Å²) in [5.41, 5.74) is 0. The van der Waals surface area contributed by atoms with Gasteiger partial charge in [0.1, 0.15) is 6.61 Å². The second-order valence-corrected chi connectivity index (χ2v) is 6.00. The minimum Gasteiger partial charge on any atom is -0.466 e. The Morgan fingerprint density at radius 3 is 1.08 bits per heavy atom. The van der Waals surface area contributed by atoms with Crippen LogP contribution in [0, 0.1) is 0 Å². The Morgan fingerprint density at radius 2 is 0.731 bits per heavy atom. The van der Waals surface area contributed by atoms with Gasteiger partial charge in [0.15, 0.2) is 0 Å². The lowest BCUT2D eigenvalue weighted by molar-refractivity contribution is -0.157. The van der Waals surface area contributed by atoms with Gasteiger partial charge in [-0.05, 0) is 38.5 Å². The molecule has 0 radical (unpaired) electrons. The lowest BCUT2D eigenvalue weighted by Crippen LogP contribution is -2.18. The first kappa shape index (κ1) is 21.9. The zero-order chi connectivity index (χ0) is 19.0. The molecule has 0 spiro atoms. The van der Waals surface area contributed by atoms with Crippen LogP contribution in [0.15, 0.2) is 0 Å². The molecule has 0 N–H and O–H groups in total. The van der Waals surface area contributed by atoms with Crippen molar-refractivity contribution in [3.63, 3.8) is 0 Å². The van der Waals surface area contributed by atoms with Crippen LogP contribution in [-0.2, 0) is 38.1 Å². The lowest BCUT2D eigenvalue weighted by atomic mass is 10.2. The third-order valence-electron chi connectivity index (χ3n) is 3.68. The Balaban J connectivity index is 0.000000176. The van der Waals surface area contributed by atoms with Gasteiger partial charge in [0, 0.05) is 19.3 Å². The normalized spacial score (nSPS) is 21.2. The van der Waals surface area contributed by atoms with Gasteiger partial charge in [-0.2, -0.15) is 0 Å². The summed E-state index contributed by atoms with van der Waals surface area (Å²) in [5.74, 6) is -0.172. The van der Waals surface area contributed by atoms with E-state index in [0.29, 0.717) is 52.1 Å². The van der Waals surface area contributed by atoms with Crippen LogP contribution in [0.3, 0.4) is 0 Å². The van der Waals surface area contributed by atoms with Gasteiger partial charge in [-0.25, -0.2) is 0 Å². The van der Waals surface area contributed by atoms with Crippen LogP contribution in [0.25, 0.3) is 0 Å². The van der Waals surface area contributed by atoms with Crippen LogP contribution in [0.1, 0.15) is 64.2 Å². The second-order valence-electron chi connectivity index (χ2n) is 6.00. The molecule has 0 unspecified atom stereocenters. The van der Waals surface area contributed by atoms with E-state index in [4.69, 9.17) is 4.74 Å². The Kier molecular flexibility index (Phi) is 11.9. The van der Waals surface area contributed by atoms with Gasteiger partial charge in [-0.15, -0.1) is 0 Å². The summed E-state index contributed by atoms with van der Waals surface area (Å²) in [6.45, 7) is 2.55. The first-order valence-electron chi connectivity index (χ1n) is 9.20. The fourth-order valence-corrected chi connectivity index (χ4v) is 2.10. The fraction of sp³-hybridized carbons (Fsp3) is 0.778. The van der Waals surface area contributed by atoms with E-state index in [9.17, 15) is 19.2 Å². The number of carbonyl (C=O) groups excluding carboxylic acids is 4. The van der Waals surface area contributed by atoms with Crippen LogP contribution in [0.2, 0.25) is 0 Å². The van der Waals surface area contributed by atoms with Crippen molar-refractivity contribution in [2.45, 2.75) is 64.2 Å². The first-order chi connectivity index (χ1) is 12.6. The highest BCUT2D eigenvalue weighted by Gasteiger charge is 2.11. The van der Waals surface area contributed by atoms with Crippen molar-refractivity contribution in [2.24, 2.45) is 0 Å². The van der Waals surface area contributed by atoms with E-state index in [0.717, 1.165) is 38.5 Å². The third kappa shape index (κ3) is 12.3. The largest absolute Gasteiger partial charge is 0.466 e. The van der Waals surface area contributed by atoms with E-state index in [1.165, 1.54) is 0 Å². The van der Waals surface area contributed by atoms with Gasteiger partial charge in [0.2, 0.25) is 0 Å². The average Bonchev–Trinajstić information content (AvgIpc) is 2.97. The molecule has 148 valence electrons. The summed E-state index contributed by atoms with van der Waals surface area (Å²) in [6, 6.07) is 0. The zero-order valence-electron chi connectivity index (χ0n) is 15.2. The highest BCUT2D eigenvalue weighted by Crippen LogP contribution is 2.06. The van der Waals surface area contributed by atoms with Gasteiger partial charge < -0.3 is 18.9 Å². The molecule has 4 heterocycles. The lowest BCUT2D eigenvalue weighted by Gasteiger charge is -2.09.